The van der Waals surface area contributed by atoms with Crippen molar-refractivity contribution in [2.45, 2.75) is 84.2 Å². The third-order valence-corrected chi connectivity index (χ3v) is 9.39. The van der Waals surface area contributed by atoms with Gasteiger partial charge in [0.05, 0.1) is 11.8 Å². The van der Waals surface area contributed by atoms with Crippen LogP contribution in [0.2, 0.25) is 0 Å². The Kier molecular flexibility index (Phi) is 6.41. The lowest BCUT2D eigenvalue weighted by molar-refractivity contribution is -0.133. The Bertz CT molecular complexity index is 621. The van der Waals surface area contributed by atoms with Crippen LogP contribution >= 0.6 is 12.4 Å². The van der Waals surface area contributed by atoms with Crippen molar-refractivity contribution in [3.8, 4) is 0 Å². The Hall–Kier alpha value is -0.330. The maximum absolute atomic E-state index is 12.8. The second-order valence-electron chi connectivity index (χ2n) is 9.26. The Morgan fingerprint density at radius 3 is 2.15 bits per heavy atom. The number of carbonyl (C=O) groups excluding carboxylic acids is 1. The molecule has 3 rings (SSSR count). The molecule has 5 nitrogen and oxygen atoms in total. The van der Waals surface area contributed by atoms with Crippen LogP contribution in [0.1, 0.15) is 72.1 Å². The van der Waals surface area contributed by atoms with E-state index in [1.54, 1.807) is 11.8 Å². The van der Waals surface area contributed by atoms with Gasteiger partial charge in [-0.2, -0.15) is 0 Å². The summed E-state index contributed by atoms with van der Waals surface area (Å²) in [4.78, 5) is 14.4. The van der Waals surface area contributed by atoms with Gasteiger partial charge in [0.25, 0.3) is 0 Å². The molecule has 1 N–H and O–H groups in total. The Morgan fingerprint density at radius 2 is 1.69 bits per heavy atom. The van der Waals surface area contributed by atoms with E-state index in [0.29, 0.717) is 5.92 Å². The number of halogens is 1. The molecule has 3 aliphatic rings. The second kappa shape index (κ2) is 7.59. The summed E-state index contributed by atoms with van der Waals surface area (Å²) in [6.45, 7) is 6.14. The molecule has 26 heavy (non-hydrogen) atoms. The molecule has 2 bridgehead atoms. The van der Waals surface area contributed by atoms with Gasteiger partial charge >= 0.3 is 0 Å². The van der Waals surface area contributed by atoms with Crippen LogP contribution in [0, 0.1) is 16.7 Å². The number of likely N-dealkylation sites (N-methyl/N-ethyl adjacent to an activating group) is 1. The van der Waals surface area contributed by atoms with E-state index in [0.717, 1.165) is 51.4 Å². The highest BCUT2D eigenvalue weighted by Crippen LogP contribution is 2.66. The number of sulfonamides is 1. The zero-order chi connectivity index (χ0) is 18.5. The minimum absolute atomic E-state index is 0. The first kappa shape index (κ1) is 22.0. The maximum Gasteiger partial charge on any atom is 0.240 e. The first-order valence-electron chi connectivity index (χ1n) is 9.85. The number of carbonyl (C=O) groups is 1. The summed E-state index contributed by atoms with van der Waals surface area (Å²) in [5, 5.41) is 0. The van der Waals surface area contributed by atoms with E-state index in [9.17, 15) is 13.2 Å². The fourth-order valence-corrected chi connectivity index (χ4v) is 7.91. The summed E-state index contributed by atoms with van der Waals surface area (Å²) < 4.78 is 28.4. The Morgan fingerprint density at radius 1 is 1.15 bits per heavy atom. The van der Waals surface area contributed by atoms with Crippen molar-refractivity contribution in [2.24, 2.45) is 16.7 Å². The topological polar surface area (TPSA) is 66.5 Å². The van der Waals surface area contributed by atoms with E-state index in [1.807, 2.05) is 7.05 Å². The molecule has 0 radical (unpaired) electrons. The summed E-state index contributed by atoms with van der Waals surface area (Å²) in [6.07, 6.45) is 8.64. The number of rotatable bonds is 6. The fraction of sp³-hybridized carbons (Fsp3) is 0.947. The average Bonchev–Trinajstić information content (AvgIpc) is 3.19. The summed E-state index contributed by atoms with van der Waals surface area (Å²) in [7, 11) is -1.67. The lowest BCUT2D eigenvalue weighted by Crippen LogP contribution is -2.50. The monoisotopic (exact) mass is 406 g/mol. The van der Waals surface area contributed by atoms with Gasteiger partial charge in [-0.15, -0.1) is 12.4 Å². The first-order valence-corrected chi connectivity index (χ1v) is 11.5. The van der Waals surface area contributed by atoms with Gasteiger partial charge in [-0.1, -0.05) is 26.7 Å². The van der Waals surface area contributed by atoms with E-state index in [-0.39, 0.29) is 40.9 Å². The SMILES string of the molecule is CC(NS(=O)(=O)CC12CCC(CC1)C2(C)C)C(=O)N(C)C1CCCC1.Cl. The Balaban J connectivity index is 0.00000243. The van der Waals surface area contributed by atoms with Crippen LogP contribution in [0.25, 0.3) is 0 Å². The fourth-order valence-electron chi connectivity index (χ4n) is 5.80. The minimum Gasteiger partial charge on any atom is -0.341 e. The molecule has 7 heteroatoms. The summed E-state index contributed by atoms with van der Waals surface area (Å²) in [5.74, 6) is 0.701. The number of hydrogen-bond acceptors (Lipinski definition) is 3. The van der Waals surface area contributed by atoms with Crippen molar-refractivity contribution in [3.63, 3.8) is 0 Å². The largest absolute Gasteiger partial charge is 0.341 e. The van der Waals surface area contributed by atoms with Crippen LogP contribution in [0.15, 0.2) is 0 Å². The summed E-state index contributed by atoms with van der Waals surface area (Å²) >= 11 is 0. The number of nitrogens with one attached hydrogen (secondary N) is 1. The van der Waals surface area contributed by atoms with E-state index in [4.69, 9.17) is 0 Å². The van der Waals surface area contributed by atoms with Crippen molar-refractivity contribution >= 4 is 28.3 Å². The molecule has 3 saturated carbocycles. The summed E-state index contributed by atoms with van der Waals surface area (Å²) in [5.41, 5.74) is -0.0424. The summed E-state index contributed by atoms with van der Waals surface area (Å²) in [6, 6.07) is -0.420. The Labute approximate surface area is 165 Å². The lowest BCUT2D eigenvalue weighted by atomic mass is 9.71. The molecule has 0 saturated heterocycles. The highest BCUT2D eigenvalue weighted by Gasteiger charge is 2.60. The molecule has 0 aromatic rings. The third-order valence-electron chi connectivity index (χ3n) is 7.74. The molecule has 3 fully saturated rings. The van der Waals surface area contributed by atoms with Gasteiger partial charge < -0.3 is 4.90 Å². The van der Waals surface area contributed by atoms with Crippen molar-refractivity contribution in [2.75, 3.05) is 12.8 Å². The number of nitrogens with zero attached hydrogens (tertiary/aromatic N) is 1. The molecule has 0 aromatic heterocycles. The minimum atomic E-state index is -3.48. The molecule has 1 amide bonds. The van der Waals surface area contributed by atoms with Gasteiger partial charge in [0, 0.05) is 13.1 Å². The van der Waals surface area contributed by atoms with Crippen LogP contribution in [0.3, 0.4) is 0 Å². The quantitative estimate of drug-likeness (QED) is 0.735. The molecule has 1 unspecified atom stereocenters. The maximum atomic E-state index is 12.8. The molecule has 0 heterocycles. The molecular formula is C19H35ClN2O3S. The molecule has 152 valence electrons. The first-order chi connectivity index (χ1) is 11.6. The van der Waals surface area contributed by atoms with Crippen molar-refractivity contribution in [1.29, 1.82) is 0 Å². The molecule has 3 aliphatic carbocycles. The van der Waals surface area contributed by atoms with Gasteiger partial charge in [-0.25, -0.2) is 13.1 Å². The molecule has 0 aliphatic heterocycles. The van der Waals surface area contributed by atoms with Crippen LogP contribution in [-0.2, 0) is 14.8 Å². The van der Waals surface area contributed by atoms with E-state index in [2.05, 4.69) is 18.6 Å². The normalized spacial score (nSPS) is 31.6. The number of amides is 1. The molecule has 0 spiro atoms. The standard InChI is InChI=1S/C19H34N2O3S.ClH/c1-14(17(22)21(4)16-7-5-6-8-16)20-25(23,24)13-19-11-9-15(10-12-19)18(19,2)3;/h14-16,20H,5-13H2,1-4H3;1H. The van der Waals surface area contributed by atoms with Gasteiger partial charge in [0.2, 0.25) is 15.9 Å². The number of fused-ring (bicyclic) bond motifs is 2. The van der Waals surface area contributed by atoms with E-state index in [1.165, 1.54) is 0 Å². The second-order valence-corrected chi connectivity index (χ2v) is 11.0. The van der Waals surface area contributed by atoms with Gasteiger partial charge in [0.1, 0.15) is 0 Å². The molecular weight excluding hydrogens is 372 g/mol. The van der Waals surface area contributed by atoms with Gasteiger partial charge in [0.15, 0.2) is 0 Å². The predicted octanol–water partition coefficient (Wildman–Crippen LogP) is 3.33. The highest BCUT2D eigenvalue weighted by molar-refractivity contribution is 7.89. The van der Waals surface area contributed by atoms with Crippen LogP contribution in [0.5, 0.6) is 0 Å². The zero-order valence-electron chi connectivity index (χ0n) is 16.6. The molecule has 0 aromatic carbocycles. The van der Waals surface area contributed by atoms with Crippen molar-refractivity contribution in [1.82, 2.24) is 9.62 Å². The lowest BCUT2D eigenvalue weighted by Gasteiger charge is -2.38. The smallest absolute Gasteiger partial charge is 0.240 e. The number of hydrogen-bond donors (Lipinski definition) is 1. The van der Waals surface area contributed by atoms with Crippen molar-refractivity contribution in [3.05, 3.63) is 0 Å². The molecule has 1 atom stereocenters. The zero-order valence-corrected chi connectivity index (χ0v) is 18.2. The van der Waals surface area contributed by atoms with E-state index < -0.39 is 16.1 Å². The van der Waals surface area contributed by atoms with Crippen LogP contribution < -0.4 is 4.72 Å². The van der Waals surface area contributed by atoms with Gasteiger partial charge in [-0.3, -0.25) is 4.79 Å². The predicted molar refractivity (Wildman–Crippen MR) is 107 cm³/mol. The van der Waals surface area contributed by atoms with E-state index >= 15 is 0 Å². The van der Waals surface area contributed by atoms with Crippen LogP contribution in [-0.4, -0.2) is 44.1 Å². The average molecular weight is 407 g/mol. The van der Waals surface area contributed by atoms with Gasteiger partial charge in [-0.05, 0) is 62.2 Å². The van der Waals surface area contributed by atoms with Crippen LogP contribution in [0.4, 0.5) is 0 Å². The van der Waals surface area contributed by atoms with Crippen molar-refractivity contribution < 1.29 is 13.2 Å². The highest BCUT2D eigenvalue weighted by atomic mass is 35.5. The third kappa shape index (κ3) is 3.79.